The van der Waals surface area contributed by atoms with Crippen molar-refractivity contribution in [3.05, 3.63) is 61.5 Å². The van der Waals surface area contributed by atoms with Gasteiger partial charge in [0.05, 0.1) is 18.9 Å². The molecule has 0 aliphatic carbocycles. The maximum absolute atomic E-state index is 12.4. The summed E-state index contributed by atoms with van der Waals surface area (Å²) in [4.78, 5) is 18.1. The SMILES string of the molecule is C=CCn1c(=NC(=O)c2ccc(Br)s2)sc2c(C)cc(C)cc21. The van der Waals surface area contributed by atoms with Crippen LogP contribution in [0.15, 0.2) is 45.7 Å². The summed E-state index contributed by atoms with van der Waals surface area (Å²) in [6, 6.07) is 7.94. The largest absolute Gasteiger partial charge is 0.312 e. The molecule has 0 unspecified atom stereocenters. The monoisotopic (exact) mass is 406 g/mol. The van der Waals surface area contributed by atoms with Gasteiger partial charge < -0.3 is 4.57 Å². The van der Waals surface area contributed by atoms with Crippen molar-refractivity contribution in [2.24, 2.45) is 4.99 Å². The zero-order chi connectivity index (χ0) is 16.6. The number of carbonyl (C=O) groups excluding carboxylic acids is 1. The van der Waals surface area contributed by atoms with Gasteiger partial charge in [0.1, 0.15) is 0 Å². The van der Waals surface area contributed by atoms with Gasteiger partial charge in [-0.15, -0.1) is 17.9 Å². The molecular formula is C17H15BrN2OS2. The Labute approximate surface area is 150 Å². The summed E-state index contributed by atoms with van der Waals surface area (Å²) >= 11 is 6.32. The molecule has 0 atom stereocenters. The Morgan fingerprint density at radius 1 is 1.35 bits per heavy atom. The van der Waals surface area contributed by atoms with E-state index in [1.807, 2.05) is 16.7 Å². The van der Waals surface area contributed by atoms with Crippen molar-refractivity contribution in [3.63, 3.8) is 0 Å². The highest BCUT2D eigenvalue weighted by Crippen LogP contribution is 2.25. The highest BCUT2D eigenvalue weighted by molar-refractivity contribution is 9.11. The van der Waals surface area contributed by atoms with Gasteiger partial charge in [-0.1, -0.05) is 23.5 Å². The molecule has 6 heteroatoms. The van der Waals surface area contributed by atoms with E-state index in [0.29, 0.717) is 16.2 Å². The molecule has 2 heterocycles. The number of allylic oxidation sites excluding steroid dienone is 1. The van der Waals surface area contributed by atoms with Gasteiger partial charge in [0.2, 0.25) is 0 Å². The number of thiophene rings is 1. The molecular weight excluding hydrogens is 392 g/mol. The smallest absolute Gasteiger partial charge is 0.289 e. The van der Waals surface area contributed by atoms with Crippen LogP contribution in [0.2, 0.25) is 0 Å². The second-order valence-electron chi connectivity index (χ2n) is 5.23. The summed E-state index contributed by atoms with van der Waals surface area (Å²) < 4.78 is 4.14. The highest BCUT2D eigenvalue weighted by Gasteiger charge is 2.12. The van der Waals surface area contributed by atoms with Gasteiger partial charge in [0.15, 0.2) is 4.80 Å². The van der Waals surface area contributed by atoms with Crippen LogP contribution < -0.4 is 4.80 Å². The number of rotatable bonds is 3. The van der Waals surface area contributed by atoms with Crippen LogP contribution in [0.4, 0.5) is 0 Å². The number of amides is 1. The third kappa shape index (κ3) is 3.24. The first-order chi connectivity index (χ1) is 11.0. The van der Waals surface area contributed by atoms with Crippen LogP contribution in [0.5, 0.6) is 0 Å². The fourth-order valence-electron chi connectivity index (χ4n) is 2.47. The molecule has 0 radical (unpaired) electrons. The van der Waals surface area contributed by atoms with Crippen LogP contribution in [0, 0.1) is 13.8 Å². The van der Waals surface area contributed by atoms with Gasteiger partial charge in [-0.3, -0.25) is 4.79 Å². The number of hydrogen-bond donors (Lipinski definition) is 0. The average molecular weight is 407 g/mol. The fraction of sp³-hybridized carbons (Fsp3) is 0.176. The Kier molecular flexibility index (Phi) is 4.66. The van der Waals surface area contributed by atoms with Crippen molar-refractivity contribution in [1.82, 2.24) is 4.57 Å². The normalized spacial score (nSPS) is 12.0. The summed E-state index contributed by atoms with van der Waals surface area (Å²) in [5, 5.41) is 0. The number of aromatic nitrogens is 1. The summed E-state index contributed by atoms with van der Waals surface area (Å²) in [5.74, 6) is -0.209. The molecule has 0 saturated carbocycles. The lowest BCUT2D eigenvalue weighted by molar-refractivity contribution is 0.100. The predicted molar refractivity (Wildman–Crippen MR) is 101 cm³/mol. The second-order valence-corrected chi connectivity index (χ2v) is 8.68. The Morgan fingerprint density at radius 2 is 2.13 bits per heavy atom. The first kappa shape index (κ1) is 16.4. The fourth-order valence-corrected chi connectivity index (χ4v) is 4.83. The molecule has 0 N–H and O–H groups in total. The molecule has 1 amide bonds. The van der Waals surface area contributed by atoms with Crippen molar-refractivity contribution in [2.45, 2.75) is 20.4 Å². The lowest BCUT2D eigenvalue weighted by Crippen LogP contribution is -2.16. The van der Waals surface area contributed by atoms with Crippen LogP contribution in [-0.4, -0.2) is 10.5 Å². The lowest BCUT2D eigenvalue weighted by atomic mass is 10.1. The minimum absolute atomic E-state index is 0.209. The van der Waals surface area contributed by atoms with Crippen molar-refractivity contribution in [3.8, 4) is 0 Å². The quantitative estimate of drug-likeness (QED) is 0.558. The molecule has 118 valence electrons. The van der Waals surface area contributed by atoms with Crippen molar-refractivity contribution in [2.75, 3.05) is 0 Å². The molecule has 23 heavy (non-hydrogen) atoms. The predicted octanol–water partition coefficient (Wildman–Crippen LogP) is 5.07. The average Bonchev–Trinajstić information content (AvgIpc) is 3.05. The molecule has 3 aromatic rings. The number of fused-ring (bicyclic) bond motifs is 1. The molecule has 0 bridgehead atoms. The van der Waals surface area contributed by atoms with Crippen LogP contribution in [-0.2, 0) is 6.54 Å². The number of nitrogens with zero attached hydrogens (tertiary/aromatic N) is 2. The molecule has 1 aromatic carbocycles. The number of carbonyl (C=O) groups is 1. The lowest BCUT2D eigenvalue weighted by Gasteiger charge is -2.03. The van der Waals surface area contributed by atoms with Crippen molar-refractivity contribution >= 4 is 54.7 Å². The van der Waals surface area contributed by atoms with E-state index in [0.717, 1.165) is 14.0 Å². The Balaban J connectivity index is 2.21. The first-order valence-corrected chi connectivity index (χ1v) is 9.48. The zero-order valence-corrected chi connectivity index (χ0v) is 16.0. The number of halogens is 1. The van der Waals surface area contributed by atoms with E-state index in [4.69, 9.17) is 0 Å². The van der Waals surface area contributed by atoms with Gasteiger partial charge in [-0.2, -0.15) is 4.99 Å². The van der Waals surface area contributed by atoms with Gasteiger partial charge >= 0.3 is 0 Å². The van der Waals surface area contributed by atoms with E-state index in [9.17, 15) is 4.79 Å². The molecule has 0 fully saturated rings. The van der Waals surface area contributed by atoms with E-state index < -0.39 is 0 Å². The standard InChI is InChI=1S/C17H15BrN2OS2/c1-4-7-20-12-9-10(2)8-11(3)15(12)23-17(20)19-16(21)13-5-6-14(18)22-13/h4-6,8-9H,1,7H2,2-3H3. The molecule has 0 aliphatic rings. The number of aryl methyl sites for hydroxylation is 2. The van der Waals surface area contributed by atoms with Crippen LogP contribution in [0.3, 0.4) is 0 Å². The zero-order valence-electron chi connectivity index (χ0n) is 12.8. The Morgan fingerprint density at radius 3 is 2.78 bits per heavy atom. The third-order valence-corrected chi connectivity index (χ3v) is 6.25. The highest BCUT2D eigenvalue weighted by atomic mass is 79.9. The van der Waals surface area contributed by atoms with Crippen LogP contribution in [0.25, 0.3) is 10.2 Å². The number of hydrogen-bond acceptors (Lipinski definition) is 3. The minimum Gasteiger partial charge on any atom is -0.312 e. The van der Waals surface area contributed by atoms with Crippen LogP contribution in [0.1, 0.15) is 20.8 Å². The molecule has 0 spiro atoms. The van der Waals surface area contributed by atoms with Crippen molar-refractivity contribution < 1.29 is 4.79 Å². The van der Waals surface area contributed by atoms with E-state index in [1.54, 1.807) is 17.4 Å². The van der Waals surface area contributed by atoms with Gasteiger partial charge in [0, 0.05) is 6.54 Å². The molecule has 3 nitrogen and oxygen atoms in total. The summed E-state index contributed by atoms with van der Waals surface area (Å²) in [5.41, 5.74) is 3.51. The number of benzene rings is 1. The van der Waals surface area contributed by atoms with Crippen molar-refractivity contribution in [1.29, 1.82) is 0 Å². The van der Waals surface area contributed by atoms with E-state index in [-0.39, 0.29) is 5.91 Å². The van der Waals surface area contributed by atoms with E-state index in [2.05, 4.69) is 53.5 Å². The molecule has 3 rings (SSSR count). The van der Waals surface area contributed by atoms with Gasteiger partial charge in [-0.05, 0) is 59.1 Å². The Bertz CT molecular complexity index is 978. The van der Waals surface area contributed by atoms with Gasteiger partial charge in [0.25, 0.3) is 5.91 Å². The summed E-state index contributed by atoms with van der Waals surface area (Å²) in [7, 11) is 0. The molecule has 2 aromatic heterocycles. The first-order valence-electron chi connectivity index (χ1n) is 7.05. The number of thiazole rings is 1. The summed E-state index contributed by atoms with van der Waals surface area (Å²) in [6.45, 7) is 8.62. The summed E-state index contributed by atoms with van der Waals surface area (Å²) in [6.07, 6.45) is 1.83. The molecule has 0 saturated heterocycles. The molecule has 0 aliphatic heterocycles. The maximum atomic E-state index is 12.4. The second kappa shape index (κ2) is 6.55. The topological polar surface area (TPSA) is 34.4 Å². The van der Waals surface area contributed by atoms with Gasteiger partial charge in [-0.25, -0.2) is 0 Å². The van der Waals surface area contributed by atoms with E-state index >= 15 is 0 Å². The third-order valence-electron chi connectivity index (χ3n) is 3.41. The Hall–Kier alpha value is -1.50. The minimum atomic E-state index is -0.209. The van der Waals surface area contributed by atoms with E-state index in [1.165, 1.54) is 22.5 Å². The maximum Gasteiger partial charge on any atom is 0.289 e. The van der Waals surface area contributed by atoms with Crippen LogP contribution >= 0.6 is 38.6 Å².